The fraction of sp³-hybridized carbons (Fsp3) is 0.500. The molecule has 0 aliphatic carbocycles. The fourth-order valence-corrected chi connectivity index (χ4v) is 4.35. The van der Waals surface area contributed by atoms with Crippen LogP contribution in [0.1, 0.15) is 54.3 Å². The summed E-state index contributed by atoms with van der Waals surface area (Å²) in [6.45, 7) is 10.5. The van der Waals surface area contributed by atoms with Crippen molar-refractivity contribution in [1.29, 1.82) is 0 Å². The van der Waals surface area contributed by atoms with Crippen LogP contribution in [0.25, 0.3) is 11.2 Å². The van der Waals surface area contributed by atoms with Gasteiger partial charge in [-0.15, -0.1) is 0 Å². The molecule has 4 rings (SSSR count). The monoisotopic (exact) mass is 364 g/mol. The molecule has 27 heavy (non-hydrogen) atoms. The van der Waals surface area contributed by atoms with Crippen LogP contribution in [0, 0.1) is 26.7 Å². The molecular formula is C22H28N4O. The smallest absolute Gasteiger partial charge is 0.199 e. The minimum absolute atomic E-state index is 0.287. The largest absolute Gasteiger partial charge is 0.439 e. The molecule has 0 amide bonds. The van der Waals surface area contributed by atoms with Crippen LogP contribution in [-0.2, 0) is 6.42 Å². The first-order valence-corrected chi connectivity index (χ1v) is 9.90. The maximum atomic E-state index is 5.56. The van der Waals surface area contributed by atoms with Crippen LogP contribution in [0.5, 0.6) is 0 Å². The fourth-order valence-electron chi connectivity index (χ4n) is 4.35. The van der Waals surface area contributed by atoms with E-state index < -0.39 is 0 Å². The number of likely N-dealkylation sites (tertiary alicyclic amines) is 1. The van der Waals surface area contributed by atoms with Gasteiger partial charge in [-0.05, 0) is 82.3 Å². The van der Waals surface area contributed by atoms with Crippen molar-refractivity contribution in [3.05, 3.63) is 52.8 Å². The Hall–Kier alpha value is -2.27. The van der Waals surface area contributed by atoms with E-state index in [1.807, 2.05) is 13.0 Å². The first-order valence-electron chi connectivity index (χ1n) is 9.90. The van der Waals surface area contributed by atoms with Crippen molar-refractivity contribution in [2.45, 2.75) is 53.0 Å². The number of rotatable bonds is 4. The van der Waals surface area contributed by atoms with Crippen LogP contribution in [-0.4, -0.2) is 32.9 Å². The highest BCUT2D eigenvalue weighted by Crippen LogP contribution is 2.28. The van der Waals surface area contributed by atoms with E-state index in [4.69, 9.17) is 9.40 Å². The number of hydrogen-bond acceptors (Lipinski definition) is 5. The zero-order valence-corrected chi connectivity index (χ0v) is 16.7. The summed E-state index contributed by atoms with van der Waals surface area (Å²) in [6.07, 6.45) is 3.66. The van der Waals surface area contributed by atoms with Crippen LogP contribution in [0.3, 0.4) is 0 Å². The van der Waals surface area contributed by atoms with Gasteiger partial charge in [0.05, 0.1) is 5.69 Å². The quantitative estimate of drug-likeness (QED) is 0.679. The minimum atomic E-state index is 0.287. The molecule has 0 saturated carbocycles. The van der Waals surface area contributed by atoms with Crippen molar-refractivity contribution in [3.8, 4) is 0 Å². The summed E-state index contributed by atoms with van der Waals surface area (Å²) >= 11 is 0. The van der Waals surface area contributed by atoms with E-state index in [2.05, 4.69) is 53.8 Å². The Labute approximate surface area is 160 Å². The Morgan fingerprint density at radius 2 is 1.89 bits per heavy atom. The van der Waals surface area contributed by atoms with Crippen LogP contribution < -0.4 is 0 Å². The lowest BCUT2D eigenvalue weighted by Crippen LogP contribution is -2.38. The molecule has 4 heterocycles. The number of oxazole rings is 1. The Balaban J connectivity index is 1.47. The molecule has 3 aromatic heterocycles. The van der Waals surface area contributed by atoms with E-state index in [1.54, 1.807) is 0 Å². The maximum Gasteiger partial charge on any atom is 0.199 e. The molecule has 1 aliphatic rings. The molecule has 0 N–H and O–H groups in total. The summed E-state index contributed by atoms with van der Waals surface area (Å²) in [5.41, 5.74) is 6.21. The second-order valence-electron chi connectivity index (χ2n) is 7.93. The lowest BCUT2D eigenvalue weighted by molar-refractivity contribution is 0.129. The third-order valence-corrected chi connectivity index (χ3v) is 5.57. The maximum absolute atomic E-state index is 5.56. The molecule has 142 valence electrons. The van der Waals surface area contributed by atoms with Crippen LogP contribution in [0.4, 0.5) is 0 Å². The molecule has 1 saturated heterocycles. The predicted molar refractivity (Wildman–Crippen MR) is 107 cm³/mol. The van der Waals surface area contributed by atoms with Gasteiger partial charge in [0, 0.05) is 30.9 Å². The van der Waals surface area contributed by atoms with Gasteiger partial charge in [-0.2, -0.15) is 4.98 Å². The second kappa shape index (κ2) is 7.39. The molecule has 1 aliphatic heterocycles. The van der Waals surface area contributed by atoms with Crippen molar-refractivity contribution in [2.24, 2.45) is 5.92 Å². The first kappa shape index (κ1) is 18.1. The first-order chi connectivity index (χ1) is 13.0. The Bertz CT molecular complexity index is 928. The summed E-state index contributed by atoms with van der Waals surface area (Å²) < 4.78 is 5.56. The van der Waals surface area contributed by atoms with Crippen LogP contribution in [0.2, 0.25) is 0 Å². The van der Waals surface area contributed by atoms with Crippen LogP contribution >= 0.6 is 0 Å². The van der Waals surface area contributed by atoms with Crippen molar-refractivity contribution >= 4 is 11.2 Å². The number of fused-ring (bicyclic) bond motifs is 1. The Morgan fingerprint density at radius 3 is 2.67 bits per heavy atom. The van der Waals surface area contributed by atoms with E-state index in [0.717, 1.165) is 42.2 Å². The summed E-state index contributed by atoms with van der Waals surface area (Å²) in [5, 5.41) is 0. The third kappa shape index (κ3) is 4.03. The lowest BCUT2D eigenvalue weighted by atomic mass is 9.90. The molecule has 0 bridgehead atoms. The highest BCUT2D eigenvalue weighted by molar-refractivity contribution is 5.67. The molecule has 0 spiro atoms. The molecule has 0 radical (unpaired) electrons. The highest BCUT2D eigenvalue weighted by Gasteiger charge is 2.25. The van der Waals surface area contributed by atoms with Gasteiger partial charge < -0.3 is 4.42 Å². The van der Waals surface area contributed by atoms with Gasteiger partial charge in [0.2, 0.25) is 0 Å². The van der Waals surface area contributed by atoms with Gasteiger partial charge in [-0.1, -0.05) is 0 Å². The van der Waals surface area contributed by atoms with Gasteiger partial charge in [0.25, 0.3) is 0 Å². The van der Waals surface area contributed by atoms with Gasteiger partial charge in [0.1, 0.15) is 0 Å². The number of aromatic nitrogens is 3. The minimum Gasteiger partial charge on any atom is -0.439 e. The molecule has 5 heteroatoms. The molecule has 1 fully saturated rings. The molecule has 1 unspecified atom stereocenters. The van der Waals surface area contributed by atoms with Crippen molar-refractivity contribution in [1.82, 2.24) is 19.9 Å². The van der Waals surface area contributed by atoms with Crippen molar-refractivity contribution < 1.29 is 4.42 Å². The molecular weight excluding hydrogens is 336 g/mol. The summed E-state index contributed by atoms with van der Waals surface area (Å²) in [6, 6.07) is 8.83. The zero-order valence-electron chi connectivity index (χ0n) is 16.7. The Morgan fingerprint density at radius 1 is 1.11 bits per heavy atom. The Kier molecular flexibility index (Phi) is 4.96. The zero-order chi connectivity index (χ0) is 19.0. The molecule has 2 atom stereocenters. The average Bonchev–Trinajstić information content (AvgIpc) is 2.99. The highest BCUT2D eigenvalue weighted by atomic mass is 16.3. The lowest BCUT2D eigenvalue weighted by Gasteiger charge is -2.36. The van der Waals surface area contributed by atoms with Gasteiger partial charge >= 0.3 is 0 Å². The normalized spacial score (nSPS) is 19.5. The van der Waals surface area contributed by atoms with E-state index in [1.165, 1.54) is 18.4 Å². The summed E-state index contributed by atoms with van der Waals surface area (Å²) in [7, 11) is 0. The van der Waals surface area contributed by atoms with E-state index in [-0.39, 0.29) is 6.04 Å². The summed E-state index contributed by atoms with van der Waals surface area (Å²) in [4.78, 5) is 16.2. The van der Waals surface area contributed by atoms with E-state index in [0.29, 0.717) is 17.5 Å². The average molecular weight is 364 g/mol. The predicted octanol–water partition coefficient (Wildman–Crippen LogP) is 4.56. The number of piperidine rings is 1. The van der Waals surface area contributed by atoms with Crippen molar-refractivity contribution in [2.75, 3.05) is 13.1 Å². The third-order valence-electron chi connectivity index (χ3n) is 5.57. The SMILES string of the molecule is Cc1cc(C[C@H]2CCCN(C(C)c3ccc4oc(C)nc4n3)C2)cc(C)n1. The number of pyridine rings is 2. The number of hydrogen-bond donors (Lipinski definition) is 0. The van der Waals surface area contributed by atoms with Crippen LogP contribution in [0.15, 0.2) is 28.7 Å². The second-order valence-corrected chi connectivity index (χ2v) is 7.93. The molecule has 0 aromatic carbocycles. The number of nitrogens with zero attached hydrogens (tertiary/aromatic N) is 4. The molecule has 3 aromatic rings. The summed E-state index contributed by atoms with van der Waals surface area (Å²) in [5.74, 6) is 1.35. The van der Waals surface area contributed by atoms with E-state index in [9.17, 15) is 0 Å². The van der Waals surface area contributed by atoms with Crippen molar-refractivity contribution in [3.63, 3.8) is 0 Å². The van der Waals surface area contributed by atoms with Gasteiger partial charge in [-0.25, -0.2) is 4.98 Å². The standard InChI is InChI=1S/C22H28N4O/c1-14-10-19(11-15(2)23-14)12-18-6-5-9-26(13-18)16(3)20-7-8-21-22(25-20)24-17(4)27-21/h7-8,10-11,16,18H,5-6,9,12-13H2,1-4H3/t16?,18-/m1/s1. The number of aryl methyl sites for hydroxylation is 3. The van der Waals surface area contributed by atoms with E-state index >= 15 is 0 Å². The topological polar surface area (TPSA) is 55.1 Å². The van der Waals surface area contributed by atoms with Gasteiger partial charge in [-0.3, -0.25) is 9.88 Å². The van der Waals surface area contributed by atoms with Gasteiger partial charge in [0.15, 0.2) is 17.1 Å². The molecule has 5 nitrogen and oxygen atoms in total.